The van der Waals surface area contributed by atoms with Gasteiger partial charge in [-0.15, -0.1) is 0 Å². The molecule has 42 heavy (non-hydrogen) atoms. The van der Waals surface area contributed by atoms with Gasteiger partial charge in [0.05, 0.1) is 13.2 Å². The third-order valence-corrected chi connectivity index (χ3v) is 8.21. The lowest BCUT2D eigenvalue weighted by Crippen LogP contribution is -2.42. The first-order valence-corrected chi connectivity index (χ1v) is 15.2. The molecule has 9 heteroatoms. The summed E-state index contributed by atoms with van der Waals surface area (Å²) in [7, 11) is 2.03. The van der Waals surface area contributed by atoms with Gasteiger partial charge in [-0.1, -0.05) is 48.2 Å². The number of ether oxygens (including phenoxy) is 2. The third-order valence-electron chi connectivity index (χ3n) is 7.72. The summed E-state index contributed by atoms with van der Waals surface area (Å²) in [6, 6.07) is 20.2. The molecule has 4 aromatic rings. The number of amides is 1. The molecule has 3 aromatic carbocycles. The van der Waals surface area contributed by atoms with Crippen LogP contribution < -0.4 is 9.47 Å². The minimum atomic E-state index is -0.424. The van der Waals surface area contributed by atoms with E-state index in [0.29, 0.717) is 35.4 Å². The van der Waals surface area contributed by atoms with Gasteiger partial charge in [-0.2, -0.15) is 0 Å². The van der Waals surface area contributed by atoms with Crippen LogP contribution in [0.15, 0.2) is 66.7 Å². The predicted octanol–water partition coefficient (Wildman–Crippen LogP) is 7.48. The van der Waals surface area contributed by atoms with E-state index in [1.165, 1.54) is 0 Å². The highest BCUT2D eigenvalue weighted by Crippen LogP contribution is 2.40. The number of benzene rings is 3. The Kier molecular flexibility index (Phi) is 10.3. The summed E-state index contributed by atoms with van der Waals surface area (Å²) in [5.41, 5.74) is 4.07. The zero-order valence-electron chi connectivity index (χ0n) is 23.8. The third kappa shape index (κ3) is 7.39. The average molecular weight is 611 g/mol. The molecule has 0 aliphatic carbocycles. The number of unbranched alkanes of at least 4 members (excludes halogenated alkanes) is 3. The zero-order chi connectivity index (χ0) is 29.5. The van der Waals surface area contributed by atoms with Crippen molar-refractivity contribution in [2.45, 2.75) is 38.1 Å². The van der Waals surface area contributed by atoms with Gasteiger partial charge in [-0.3, -0.25) is 4.90 Å². The van der Waals surface area contributed by atoms with Crippen molar-refractivity contribution in [1.29, 1.82) is 0 Å². The molecule has 222 valence electrons. The molecule has 0 saturated heterocycles. The van der Waals surface area contributed by atoms with E-state index in [4.69, 9.17) is 37.8 Å². The van der Waals surface area contributed by atoms with Crippen LogP contribution in [0.25, 0.3) is 10.9 Å². The van der Waals surface area contributed by atoms with E-state index in [2.05, 4.69) is 9.88 Å². The fourth-order valence-electron chi connectivity index (χ4n) is 5.52. The van der Waals surface area contributed by atoms with Crippen LogP contribution in [-0.2, 0) is 6.42 Å². The Morgan fingerprint density at radius 1 is 0.952 bits per heavy atom. The summed E-state index contributed by atoms with van der Waals surface area (Å²) < 4.78 is 11.8. The number of hydrogen-bond acceptors (Lipinski definition) is 5. The van der Waals surface area contributed by atoms with Crippen molar-refractivity contribution in [2.75, 3.05) is 39.9 Å². The molecule has 1 aliphatic rings. The number of aromatic amines is 1. The number of carbonyl (C=O) groups excluding carboxylic acids is 1. The van der Waals surface area contributed by atoms with Gasteiger partial charge in [0.15, 0.2) is 0 Å². The predicted molar refractivity (Wildman–Crippen MR) is 168 cm³/mol. The molecule has 1 unspecified atom stereocenters. The Balaban J connectivity index is 1.28. The quantitative estimate of drug-likeness (QED) is 0.163. The molecule has 0 saturated carbocycles. The highest BCUT2D eigenvalue weighted by molar-refractivity contribution is 6.31. The maximum Gasteiger partial charge on any atom is 0.416 e. The fraction of sp³-hybridized carbons (Fsp3) is 0.364. The number of nitrogens with zero attached hydrogens (tertiary/aromatic N) is 2. The summed E-state index contributed by atoms with van der Waals surface area (Å²) in [5.74, 6) is 1.24. The van der Waals surface area contributed by atoms with Gasteiger partial charge in [0.1, 0.15) is 17.5 Å². The van der Waals surface area contributed by atoms with E-state index >= 15 is 0 Å². The van der Waals surface area contributed by atoms with E-state index in [1.807, 2.05) is 49.5 Å². The molecule has 0 spiro atoms. The molecule has 1 aliphatic heterocycles. The lowest BCUT2D eigenvalue weighted by molar-refractivity contribution is 0.135. The van der Waals surface area contributed by atoms with E-state index in [0.717, 1.165) is 72.2 Å². The second-order valence-corrected chi connectivity index (χ2v) is 11.6. The fourth-order valence-corrected chi connectivity index (χ4v) is 5.82. The van der Waals surface area contributed by atoms with Gasteiger partial charge in [0.2, 0.25) is 0 Å². The SMILES string of the molecule is CN(CCO)CCCCCCOc1ccc(C2c3[nH]c4ccc(Cl)cc4c3CCN2C(=O)Oc2ccc(Cl)cc2)cc1. The van der Waals surface area contributed by atoms with E-state index in [1.54, 1.807) is 29.2 Å². The molecule has 1 amide bonds. The van der Waals surface area contributed by atoms with Crippen LogP contribution in [0.5, 0.6) is 11.5 Å². The first-order chi connectivity index (χ1) is 20.4. The van der Waals surface area contributed by atoms with E-state index < -0.39 is 6.09 Å². The molecule has 0 fully saturated rings. The van der Waals surface area contributed by atoms with Gasteiger partial charge < -0.3 is 24.5 Å². The minimum Gasteiger partial charge on any atom is -0.494 e. The van der Waals surface area contributed by atoms with Crippen LogP contribution in [0, 0.1) is 0 Å². The minimum absolute atomic E-state index is 0.202. The van der Waals surface area contributed by atoms with Crippen molar-refractivity contribution in [1.82, 2.24) is 14.8 Å². The van der Waals surface area contributed by atoms with Crippen LogP contribution in [0.2, 0.25) is 10.0 Å². The number of likely N-dealkylation sites (N-methyl/N-ethyl adjacent to an activating group) is 1. The molecular weight excluding hydrogens is 573 g/mol. The number of aliphatic hydroxyl groups excluding tert-OH is 1. The smallest absolute Gasteiger partial charge is 0.416 e. The maximum atomic E-state index is 13.5. The summed E-state index contributed by atoms with van der Waals surface area (Å²) in [4.78, 5) is 21.0. The molecule has 2 N–H and O–H groups in total. The Labute approximate surface area is 256 Å². The number of H-pyrrole nitrogens is 1. The van der Waals surface area contributed by atoms with Crippen molar-refractivity contribution in [3.63, 3.8) is 0 Å². The molecule has 5 rings (SSSR count). The monoisotopic (exact) mass is 609 g/mol. The van der Waals surface area contributed by atoms with E-state index in [-0.39, 0.29) is 12.6 Å². The second kappa shape index (κ2) is 14.3. The molecule has 7 nitrogen and oxygen atoms in total. The van der Waals surface area contributed by atoms with Crippen LogP contribution >= 0.6 is 23.2 Å². The number of hydrogen-bond donors (Lipinski definition) is 2. The first-order valence-electron chi connectivity index (χ1n) is 14.5. The topological polar surface area (TPSA) is 78.0 Å². The maximum absolute atomic E-state index is 13.5. The van der Waals surface area contributed by atoms with Gasteiger partial charge in [-0.05, 0) is 98.6 Å². The number of halogens is 2. The molecule has 0 radical (unpaired) electrons. The van der Waals surface area contributed by atoms with Crippen LogP contribution in [-0.4, -0.2) is 65.9 Å². The van der Waals surface area contributed by atoms with Gasteiger partial charge in [-0.25, -0.2) is 4.79 Å². The van der Waals surface area contributed by atoms with Crippen molar-refractivity contribution < 1.29 is 19.4 Å². The normalized spacial score (nSPS) is 14.8. The molecule has 1 atom stereocenters. The second-order valence-electron chi connectivity index (χ2n) is 10.7. The van der Waals surface area contributed by atoms with Crippen molar-refractivity contribution >= 4 is 40.2 Å². The Hall–Kier alpha value is -3.23. The largest absolute Gasteiger partial charge is 0.494 e. The highest BCUT2D eigenvalue weighted by atomic mass is 35.5. The lowest BCUT2D eigenvalue weighted by atomic mass is 9.92. The van der Waals surface area contributed by atoms with Crippen molar-refractivity contribution in [3.05, 3.63) is 93.6 Å². The number of nitrogens with one attached hydrogen (secondary N) is 1. The summed E-state index contributed by atoms with van der Waals surface area (Å²) >= 11 is 12.4. The molecule has 0 bridgehead atoms. The Bertz CT molecular complexity index is 1470. The summed E-state index contributed by atoms with van der Waals surface area (Å²) in [6.45, 7) is 3.07. The summed E-state index contributed by atoms with van der Waals surface area (Å²) in [5, 5.41) is 11.3. The van der Waals surface area contributed by atoms with Gasteiger partial charge in [0, 0.05) is 39.7 Å². The van der Waals surface area contributed by atoms with Crippen LogP contribution in [0.1, 0.15) is 48.5 Å². The van der Waals surface area contributed by atoms with Gasteiger partial charge in [0.25, 0.3) is 0 Å². The Morgan fingerprint density at radius 3 is 2.43 bits per heavy atom. The average Bonchev–Trinajstić information content (AvgIpc) is 3.35. The Morgan fingerprint density at radius 2 is 1.67 bits per heavy atom. The molecule has 2 heterocycles. The first kappa shape index (κ1) is 30.2. The number of rotatable bonds is 12. The molecule has 1 aromatic heterocycles. The van der Waals surface area contributed by atoms with Crippen molar-refractivity contribution in [3.8, 4) is 11.5 Å². The summed E-state index contributed by atoms with van der Waals surface area (Å²) in [6.07, 6.45) is 4.60. The highest BCUT2D eigenvalue weighted by Gasteiger charge is 2.35. The van der Waals surface area contributed by atoms with Crippen molar-refractivity contribution in [2.24, 2.45) is 0 Å². The van der Waals surface area contributed by atoms with Crippen LogP contribution in [0.3, 0.4) is 0 Å². The van der Waals surface area contributed by atoms with E-state index in [9.17, 15) is 4.79 Å². The number of aromatic nitrogens is 1. The lowest BCUT2D eigenvalue weighted by Gasteiger charge is -2.35. The number of fused-ring (bicyclic) bond motifs is 3. The standard InChI is InChI=1S/C33H37Cl2N3O4/c1-37(19-20-39)17-4-2-3-5-21-41-26-11-6-23(7-12-26)32-31-28(29-22-25(35)10-15-30(29)36-31)16-18-38(32)33(40)42-27-13-8-24(34)9-14-27/h6-15,22,32,36,39H,2-5,16-21H2,1H3. The number of aliphatic hydroxyl groups is 1. The van der Waals surface area contributed by atoms with Crippen LogP contribution in [0.4, 0.5) is 4.79 Å². The zero-order valence-corrected chi connectivity index (χ0v) is 25.3. The van der Waals surface area contributed by atoms with Gasteiger partial charge >= 0.3 is 6.09 Å². The number of carbonyl (C=O) groups is 1. The molecular formula is C33H37Cl2N3O4.